The van der Waals surface area contributed by atoms with Crippen LogP contribution in [0.3, 0.4) is 0 Å². The Kier molecular flexibility index (Phi) is 4.83. The monoisotopic (exact) mass is 240 g/mol. The van der Waals surface area contributed by atoms with Gasteiger partial charge in [0.25, 0.3) is 0 Å². The maximum absolute atomic E-state index is 6.38. The molecule has 2 N–H and O–H groups in total. The van der Waals surface area contributed by atoms with E-state index in [4.69, 9.17) is 10.5 Å². The molecule has 17 heavy (non-hydrogen) atoms. The molecule has 3 unspecified atom stereocenters. The molecule has 1 heterocycles. The summed E-state index contributed by atoms with van der Waals surface area (Å²) >= 11 is 0. The van der Waals surface area contributed by atoms with Crippen molar-refractivity contribution in [2.24, 2.45) is 11.7 Å². The second kappa shape index (κ2) is 6.17. The fourth-order valence-electron chi connectivity index (χ4n) is 3.48. The van der Waals surface area contributed by atoms with Crippen LogP contribution in [-0.2, 0) is 4.74 Å². The molecule has 2 aliphatic rings. The second-order valence-electron chi connectivity index (χ2n) is 5.93. The van der Waals surface area contributed by atoms with Crippen molar-refractivity contribution in [1.82, 2.24) is 4.90 Å². The van der Waals surface area contributed by atoms with E-state index in [1.165, 1.54) is 32.1 Å². The first-order valence-corrected chi connectivity index (χ1v) is 7.26. The summed E-state index contributed by atoms with van der Waals surface area (Å²) in [7, 11) is 2.21. The Morgan fingerprint density at radius 2 is 1.94 bits per heavy atom. The van der Waals surface area contributed by atoms with Gasteiger partial charge in [-0.3, -0.25) is 4.90 Å². The van der Waals surface area contributed by atoms with E-state index in [-0.39, 0.29) is 0 Å². The van der Waals surface area contributed by atoms with Crippen molar-refractivity contribution >= 4 is 0 Å². The van der Waals surface area contributed by atoms with E-state index in [0.29, 0.717) is 18.2 Å². The van der Waals surface area contributed by atoms with Gasteiger partial charge >= 0.3 is 0 Å². The average Bonchev–Trinajstić information content (AvgIpc) is 2.76. The quantitative estimate of drug-likeness (QED) is 0.817. The minimum Gasteiger partial charge on any atom is -0.377 e. The summed E-state index contributed by atoms with van der Waals surface area (Å²) in [6.45, 7) is 4.12. The molecule has 100 valence electrons. The normalized spacial score (nSPS) is 33.2. The van der Waals surface area contributed by atoms with Crippen LogP contribution in [0.1, 0.15) is 45.4 Å². The molecule has 0 aromatic rings. The molecule has 0 aromatic carbocycles. The van der Waals surface area contributed by atoms with Crippen LogP contribution in [0.2, 0.25) is 0 Å². The van der Waals surface area contributed by atoms with Gasteiger partial charge in [-0.1, -0.05) is 19.3 Å². The Morgan fingerprint density at radius 1 is 1.24 bits per heavy atom. The van der Waals surface area contributed by atoms with Crippen molar-refractivity contribution in [2.75, 3.05) is 20.2 Å². The lowest BCUT2D eigenvalue weighted by molar-refractivity contribution is 0.0781. The molecule has 0 spiro atoms. The van der Waals surface area contributed by atoms with E-state index >= 15 is 0 Å². The van der Waals surface area contributed by atoms with Crippen LogP contribution in [0.25, 0.3) is 0 Å². The van der Waals surface area contributed by atoms with Crippen molar-refractivity contribution in [3.63, 3.8) is 0 Å². The average molecular weight is 240 g/mol. The minimum atomic E-state index is 0.355. The predicted octanol–water partition coefficient (Wildman–Crippen LogP) is 2.00. The van der Waals surface area contributed by atoms with E-state index in [0.717, 1.165) is 25.5 Å². The summed E-state index contributed by atoms with van der Waals surface area (Å²) in [4.78, 5) is 2.43. The largest absolute Gasteiger partial charge is 0.377 e. The first-order valence-electron chi connectivity index (χ1n) is 7.26. The van der Waals surface area contributed by atoms with Crippen molar-refractivity contribution in [1.29, 1.82) is 0 Å². The van der Waals surface area contributed by atoms with Crippen molar-refractivity contribution in [2.45, 2.75) is 63.6 Å². The Morgan fingerprint density at radius 3 is 2.53 bits per heavy atom. The number of likely N-dealkylation sites (N-methyl/N-ethyl adjacent to an activating group) is 1. The summed E-state index contributed by atoms with van der Waals surface area (Å²) < 4.78 is 5.63. The van der Waals surface area contributed by atoms with Gasteiger partial charge < -0.3 is 10.5 Å². The summed E-state index contributed by atoms with van der Waals surface area (Å²) in [5, 5.41) is 0. The third kappa shape index (κ3) is 3.43. The van der Waals surface area contributed by atoms with Crippen molar-refractivity contribution in [3.05, 3.63) is 0 Å². The van der Waals surface area contributed by atoms with Gasteiger partial charge in [0.15, 0.2) is 0 Å². The molecule has 2 fully saturated rings. The summed E-state index contributed by atoms with van der Waals surface area (Å²) in [5.41, 5.74) is 6.38. The van der Waals surface area contributed by atoms with Gasteiger partial charge in [0, 0.05) is 25.2 Å². The highest BCUT2D eigenvalue weighted by Gasteiger charge is 2.30. The number of hydrogen-bond acceptors (Lipinski definition) is 3. The molecule has 3 nitrogen and oxygen atoms in total. The Labute approximate surface area is 106 Å². The SMILES string of the molecule is CC1OCCC1N(C)CC(N)C1CCCCC1. The van der Waals surface area contributed by atoms with E-state index < -0.39 is 0 Å². The topological polar surface area (TPSA) is 38.5 Å². The molecule has 3 heteroatoms. The van der Waals surface area contributed by atoms with Crippen LogP contribution in [0, 0.1) is 5.92 Å². The zero-order chi connectivity index (χ0) is 12.3. The molecule has 3 atom stereocenters. The van der Waals surface area contributed by atoms with Gasteiger partial charge in [-0.2, -0.15) is 0 Å². The second-order valence-corrected chi connectivity index (χ2v) is 5.93. The fourth-order valence-corrected chi connectivity index (χ4v) is 3.48. The van der Waals surface area contributed by atoms with Crippen molar-refractivity contribution < 1.29 is 4.74 Å². The molecule has 1 saturated carbocycles. The molecule has 1 saturated heterocycles. The first kappa shape index (κ1) is 13.3. The lowest BCUT2D eigenvalue weighted by atomic mass is 9.84. The Bertz CT molecular complexity index is 228. The minimum absolute atomic E-state index is 0.355. The maximum atomic E-state index is 6.38. The van der Waals surface area contributed by atoms with Crippen LogP contribution in [0.15, 0.2) is 0 Å². The van der Waals surface area contributed by atoms with E-state index in [1.807, 2.05) is 0 Å². The smallest absolute Gasteiger partial charge is 0.0702 e. The first-order chi connectivity index (χ1) is 8.18. The lowest BCUT2D eigenvalue weighted by Gasteiger charge is -2.33. The zero-order valence-corrected chi connectivity index (χ0v) is 11.4. The third-order valence-electron chi connectivity index (χ3n) is 4.66. The molecular formula is C14H28N2O. The van der Waals surface area contributed by atoms with Crippen molar-refractivity contribution in [3.8, 4) is 0 Å². The molecule has 0 radical (unpaired) electrons. The molecule has 0 bridgehead atoms. The molecule has 1 aliphatic carbocycles. The van der Waals surface area contributed by atoms with E-state index in [1.54, 1.807) is 0 Å². The number of nitrogens with two attached hydrogens (primary N) is 1. The molecule has 2 rings (SSSR count). The van der Waals surface area contributed by atoms with Crippen LogP contribution in [-0.4, -0.2) is 43.3 Å². The molecule has 0 amide bonds. The van der Waals surface area contributed by atoms with Gasteiger partial charge in [0.05, 0.1) is 6.10 Å². The predicted molar refractivity (Wildman–Crippen MR) is 71.0 cm³/mol. The van der Waals surface area contributed by atoms with Crippen LogP contribution in [0.4, 0.5) is 0 Å². The number of rotatable bonds is 4. The fraction of sp³-hybridized carbons (Fsp3) is 1.00. The summed E-state index contributed by atoms with van der Waals surface area (Å²) in [5.74, 6) is 0.754. The lowest BCUT2D eigenvalue weighted by Crippen LogP contribution is -2.47. The number of nitrogens with zero attached hydrogens (tertiary/aromatic N) is 1. The van der Waals surface area contributed by atoms with Crippen LogP contribution >= 0.6 is 0 Å². The maximum Gasteiger partial charge on any atom is 0.0702 e. The Hall–Kier alpha value is -0.120. The summed E-state index contributed by atoms with van der Waals surface area (Å²) in [6, 6.07) is 0.928. The summed E-state index contributed by atoms with van der Waals surface area (Å²) in [6.07, 6.45) is 8.38. The highest BCUT2D eigenvalue weighted by molar-refractivity contribution is 4.85. The van der Waals surface area contributed by atoms with E-state index in [9.17, 15) is 0 Å². The van der Waals surface area contributed by atoms with Gasteiger partial charge in [-0.25, -0.2) is 0 Å². The third-order valence-corrected chi connectivity index (χ3v) is 4.66. The molecule has 0 aromatic heterocycles. The van der Waals surface area contributed by atoms with Crippen LogP contribution < -0.4 is 5.73 Å². The number of hydrogen-bond donors (Lipinski definition) is 1. The van der Waals surface area contributed by atoms with Gasteiger partial charge in [-0.05, 0) is 39.2 Å². The number of ether oxygens (including phenoxy) is 1. The van der Waals surface area contributed by atoms with E-state index in [2.05, 4.69) is 18.9 Å². The zero-order valence-electron chi connectivity index (χ0n) is 11.4. The molecular weight excluding hydrogens is 212 g/mol. The van der Waals surface area contributed by atoms with Crippen LogP contribution in [0.5, 0.6) is 0 Å². The van der Waals surface area contributed by atoms with Gasteiger partial charge in [-0.15, -0.1) is 0 Å². The Balaban J connectivity index is 1.78. The highest BCUT2D eigenvalue weighted by Crippen LogP contribution is 2.27. The van der Waals surface area contributed by atoms with Gasteiger partial charge in [0.2, 0.25) is 0 Å². The molecule has 1 aliphatic heterocycles. The standard InChI is InChI=1S/C14H28N2O/c1-11-14(8-9-17-11)16(2)10-13(15)12-6-4-3-5-7-12/h11-14H,3-10,15H2,1-2H3. The van der Waals surface area contributed by atoms with Gasteiger partial charge in [0.1, 0.15) is 0 Å². The highest BCUT2D eigenvalue weighted by atomic mass is 16.5.